The van der Waals surface area contributed by atoms with E-state index in [2.05, 4.69) is 5.32 Å². The van der Waals surface area contributed by atoms with Gasteiger partial charge >= 0.3 is 0 Å². The fourth-order valence-electron chi connectivity index (χ4n) is 1.70. The molecule has 0 saturated heterocycles. The summed E-state index contributed by atoms with van der Waals surface area (Å²) in [5.41, 5.74) is -0.0787. The fraction of sp³-hybridized carbons (Fsp3) is 0.462. The number of phenols is 1. The van der Waals surface area contributed by atoms with Crippen LogP contribution in [0.1, 0.15) is 30.1 Å². The van der Waals surface area contributed by atoms with E-state index < -0.39 is 11.7 Å². The van der Waals surface area contributed by atoms with Crippen molar-refractivity contribution in [2.24, 2.45) is 0 Å². The van der Waals surface area contributed by atoms with Gasteiger partial charge in [-0.25, -0.2) is 4.39 Å². The summed E-state index contributed by atoms with van der Waals surface area (Å²) in [6.45, 7) is 2.38. The van der Waals surface area contributed by atoms with Crippen LogP contribution in [0.25, 0.3) is 0 Å². The second kappa shape index (κ2) is 6.96. The Morgan fingerprint density at radius 3 is 2.83 bits per heavy atom. The minimum atomic E-state index is -0.736. The Bertz CT molecular complexity index is 403. The lowest BCUT2D eigenvalue weighted by atomic mass is 10.1. The lowest BCUT2D eigenvalue weighted by Crippen LogP contribution is -2.38. The Morgan fingerprint density at radius 2 is 2.28 bits per heavy atom. The molecule has 0 spiro atoms. The standard InChI is InChI=1S/C13H18FNO3/c1-3-4-9(8-18-2)15-13(17)11-6-5-10(16)7-12(11)14/h5-7,9,16H,3-4,8H2,1-2H3,(H,15,17). The average Bonchev–Trinajstić information content (AvgIpc) is 2.29. The number of benzene rings is 1. The molecule has 0 bridgehead atoms. The van der Waals surface area contributed by atoms with Crippen LogP contribution in [0.2, 0.25) is 0 Å². The molecule has 4 nitrogen and oxygen atoms in total. The number of nitrogens with one attached hydrogen (secondary N) is 1. The molecule has 0 heterocycles. The minimum absolute atomic E-state index is 0.0787. The van der Waals surface area contributed by atoms with Crippen LogP contribution >= 0.6 is 0 Å². The smallest absolute Gasteiger partial charge is 0.254 e. The summed E-state index contributed by atoms with van der Waals surface area (Å²) in [6.07, 6.45) is 1.66. The van der Waals surface area contributed by atoms with Gasteiger partial charge in [0.2, 0.25) is 0 Å². The quantitative estimate of drug-likeness (QED) is 0.818. The Hall–Kier alpha value is -1.62. The first kappa shape index (κ1) is 14.4. The predicted octanol–water partition coefficient (Wildman–Crippen LogP) is 2.08. The third kappa shape index (κ3) is 4.00. The van der Waals surface area contributed by atoms with Gasteiger partial charge in [-0.15, -0.1) is 0 Å². The summed E-state index contributed by atoms with van der Waals surface area (Å²) in [4.78, 5) is 11.8. The molecular weight excluding hydrogens is 237 g/mol. The first-order chi connectivity index (χ1) is 8.58. The zero-order valence-corrected chi connectivity index (χ0v) is 10.6. The van der Waals surface area contributed by atoms with Crippen LogP contribution in [0, 0.1) is 5.82 Å². The molecule has 0 aliphatic rings. The molecule has 0 aliphatic heterocycles. The summed E-state index contributed by atoms with van der Waals surface area (Å²) in [7, 11) is 1.55. The second-order valence-corrected chi connectivity index (χ2v) is 4.08. The zero-order chi connectivity index (χ0) is 13.5. The van der Waals surface area contributed by atoms with Gasteiger partial charge in [-0.3, -0.25) is 4.79 Å². The van der Waals surface area contributed by atoms with Crippen molar-refractivity contribution in [1.29, 1.82) is 0 Å². The summed E-state index contributed by atoms with van der Waals surface area (Å²) in [5, 5.41) is 11.8. The Morgan fingerprint density at radius 1 is 1.56 bits per heavy atom. The molecule has 0 saturated carbocycles. The third-order valence-electron chi connectivity index (χ3n) is 2.54. The van der Waals surface area contributed by atoms with Gasteiger partial charge in [-0.1, -0.05) is 13.3 Å². The van der Waals surface area contributed by atoms with Gasteiger partial charge in [0, 0.05) is 13.2 Å². The van der Waals surface area contributed by atoms with Gasteiger partial charge in [-0.05, 0) is 18.6 Å². The third-order valence-corrected chi connectivity index (χ3v) is 2.54. The molecule has 0 fully saturated rings. The van der Waals surface area contributed by atoms with Crippen molar-refractivity contribution in [3.05, 3.63) is 29.6 Å². The van der Waals surface area contributed by atoms with Crippen molar-refractivity contribution >= 4 is 5.91 Å². The molecule has 0 aliphatic carbocycles. The first-order valence-electron chi connectivity index (χ1n) is 5.86. The van der Waals surface area contributed by atoms with Crippen LogP contribution in [-0.4, -0.2) is 30.8 Å². The molecule has 1 aromatic carbocycles. The molecule has 2 N–H and O–H groups in total. The molecule has 1 atom stereocenters. The van der Waals surface area contributed by atoms with E-state index in [9.17, 15) is 9.18 Å². The van der Waals surface area contributed by atoms with E-state index in [-0.39, 0.29) is 17.4 Å². The van der Waals surface area contributed by atoms with E-state index in [0.29, 0.717) is 6.61 Å². The number of aromatic hydroxyl groups is 1. The fourth-order valence-corrected chi connectivity index (χ4v) is 1.70. The highest BCUT2D eigenvalue weighted by Crippen LogP contribution is 2.15. The number of ether oxygens (including phenoxy) is 1. The zero-order valence-electron chi connectivity index (χ0n) is 10.6. The van der Waals surface area contributed by atoms with Crippen LogP contribution < -0.4 is 5.32 Å². The maximum atomic E-state index is 13.5. The SMILES string of the molecule is CCCC(COC)NC(=O)c1ccc(O)cc1F. The Kier molecular flexibility index (Phi) is 5.58. The molecule has 1 unspecified atom stereocenters. The molecule has 18 heavy (non-hydrogen) atoms. The number of phenolic OH excluding ortho intramolecular Hbond substituents is 1. The lowest BCUT2D eigenvalue weighted by molar-refractivity contribution is 0.0887. The highest BCUT2D eigenvalue weighted by molar-refractivity contribution is 5.94. The molecule has 0 radical (unpaired) electrons. The maximum absolute atomic E-state index is 13.5. The average molecular weight is 255 g/mol. The lowest BCUT2D eigenvalue weighted by Gasteiger charge is -2.17. The number of carbonyl (C=O) groups is 1. The predicted molar refractivity (Wildman–Crippen MR) is 66.1 cm³/mol. The van der Waals surface area contributed by atoms with Gasteiger partial charge in [0.25, 0.3) is 5.91 Å². The molecule has 1 aromatic rings. The van der Waals surface area contributed by atoms with Gasteiger partial charge < -0.3 is 15.2 Å². The van der Waals surface area contributed by atoms with Gasteiger partial charge in [0.1, 0.15) is 11.6 Å². The van der Waals surface area contributed by atoms with E-state index in [1.54, 1.807) is 7.11 Å². The maximum Gasteiger partial charge on any atom is 0.254 e. The monoisotopic (exact) mass is 255 g/mol. The number of hydrogen-bond donors (Lipinski definition) is 2. The Balaban J connectivity index is 2.73. The van der Waals surface area contributed by atoms with Gasteiger partial charge in [0.05, 0.1) is 18.2 Å². The minimum Gasteiger partial charge on any atom is -0.508 e. The highest BCUT2D eigenvalue weighted by Gasteiger charge is 2.16. The van der Waals surface area contributed by atoms with Crippen LogP contribution in [0.15, 0.2) is 18.2 Å². The summed E-state index contributed by atoms with van der Waals surface area (Å²) < 4.78 is 18.5. The number of methoxy groups -OCH3 is 1. The van der Waals surface area contributed by atoms with Crippen molar-refractivity contribution in [3.63, 3.8) is 0 Å². The van der Waals surface area contributed by atoms with E-state index in [0.717, 1.165) is 18.9 Å². The van der Waals surface area contributed by atoms with Crippen LogP contribution in [0.3, 0.4) is 0 Å². The van der Waals surface area contributed by atoms with Crippen molar-refractivity contribution in [1.82, 2.24) is 5.32 Å². The summed E-state index contributed by atoms with van der Waals surface area (Å²) >= 11 is 0. The highest BCUT2D eigenvalue weighted by atomic mass is 19.1. The normalized spacial score (nSPS) is 12.2. The largest absolute Gasteiger partial charge is 0.508 e. The molecular formula is C13H18FNO3. The molecule has 0 aromatic heterocycles. The van der Waals surface area contributed by atoms with E-state index in [1.165, 1.54) is 12.1 Å². The number of rotatable bonds is 6. The number of halogens is 1. The topological polar surface area (TPSA) is 58.6 Å². The number of hydrogen-bond acceptors (Lipinski definition) is 3. The van der Waals surface area contributed by atoms with Crippen LogP contribution in [0.4, 0.5) is 4.39 Å². The molecule has 100 valence electrons. The van der Waals surface area contributed by atoms with E-state index in [1.807, 2.05) is 6.92 Å². The van der Waals surface area contributed by atoms with Crippen molar-refractivity contribution in [3.8, 4) is 5.75 Å². The van der Waals surface area contributed by atoms with E-state index >= 15 is 0 Å². The van der Waals surface area contributed by atoms with Gasteiger partial charge in [-0.2, -0.15) is 0 Å². The van der Waals surface area contributed by atoms with Crippen molar-refractivity contribution < 1.29 is 19.0 Å². The van der Waals surface area contributed by atoms with Crippen molar-refractivity contribution in [2.75, 3.05) is 13.7 Å². The number of amides is 1. The van der Waals surface area contributed by atoms with Crippen molar-refractivity contribution in [2.45, 2.75) is 25.8 Å². The summed E-state index contributed by atoms with van der Waals surface area (Å²) in [5.74, 6) is -1.44. The Labute approximate surface area is 106 Å². The first-order valence-corrected chi connectivity index (χ1v) is 5.86. The summed E-state index contributed by atoms with van der Waals surface area (Å²) in [6, 6.07) is 3.32. The van der Waals surface area contributed by atoms with Crippen LogP contribution in [0.5, 0.6) is 5.75 Å². The van der Waals surface area contributed by atoms with Gasteiger partial charge in [0.15, 0.2) is 0 Å². The van der Waals surface area contributed by atoms with Crippen LogP contribution in [-0.2, 0) is 4.74 Å². The number of carbonyl (C=O) groups excluding carboxylic acids is 1. The second-order valence-electron chi connectivity index (χ2n) is 4.08. The molecule has 1 rings (SSSR count). The van der Waals surface area contributed by atoms with E-state index in [4.69, 9.17) is 9.84 Å². The molecule has 5 heteroatoms. The molecule has 1 amide bonds.